The van der Waals surface area contributed by atoms with Crippen molar-refractivity contribution in [2.24, 2.45) is 0 Å². The number of benzene rings is 4. The van der Waals surface area contributed by atoms with Crippen molar-refractivity contribution in [3.63, 3.8) is 0 Å². The van der Waals surface area contributed by atoms with Crippen LogP contribution in [0.5, 0.6) is 5.75 Å². The molecular formula is C32H33N3O3. The predicted octanol–water partition coefficient (Wildman–Crippen LogP) is 6.02. The molecule has 0 saturated carbocycles. The Hall–Kier alpha value is -4.58. The van der Waals surface area contributed by atoms with Crippen molar-refractivity contribution in [2.45, 2.75) is 19.4 Å². The summed E-state index contributed by atoms with van der Waals surface area (Å²) < 4.78 is 5.98. The molecule has 0 aromatic heterocycles. The van der Waals surface area contributed by atoms with Crippen LogP contribution in [0.15, 0.2) is 109 Å². The van der Waals surface area contributed by atoms with Gasteiger partial charge in [-0.05, 0) is 54.3 Å². The Morgan fingerprint density at radius 3 is 2.24 bits per heavy atom. The van der Waals surface area contributed by atoms with Crippen LogP contribution in [0.4, 0.5) is 11.4 Å². The van der Waals surface area contributed by atoms with E-state index < -0.39 is 0 Å². The molecule has 0 bridgehead atoms. The zero-order valence-electron chi connectivity index (χ0n) is 21.6. The Labute approximate surface area is 224 Å². The van der Waals surface area contributed by atoms with E-state index in [0.717, 1.165) is 24.1 Å². The molecule has 194 valence electrons. The zero-order valence-corrected chi connectivity index (χ0v) is 21.6. The number of para-hydroxylation sites is 2. The summed E-state index contributed by atoms with van der Waals surface area (Å²) in [4.78, 5) is 27.2. The standard InChI is InChI=1S/C32H33N3O3/c1-35(24-26-14-6-3-7-15-26)32(37)27-17-10-18-28(22-27)34-31(36)23-33-29-19-8-9-20-30(29)38-21-11-16-25-12-4-2-5-13-25/h2-10,12-15,17-20,22,33H,11,16,21,23-24H2,1H3,(H,34,36). The number of nitrogens with one attached hydrogen (secondary N) is 2. The summed E-state index contributed by atoms with van der Waals surface area (Å²) in [6.07, 6.45) is 1.84. The average molecular weight is 508 g/mol. The molecular weight excluding hydrogens is 474 g/mol. The van der Waals surface area contributed by atoms with E-state index in [4.69, 9.17) is 4.74 Å². The second-order valence-corrected chi connectivity index (χ2v) is 9.06. The number of nitrogens with zero attached hydrogens (tertiary/aromatic N) is 1. The third-order valence-electron chi connectivity index (χ3n) is 6.04. The highest BCUT2D eigenvalue weighted by atomic mass is 16.5. The van der Waals surface area contributed by atoms with Gasteiger partial charge in [-0.15, -0.1) is 0 Å². The summed E-state index contributed by atoms with van der Waals surface area (Å²) in [5, 5.41) is 6.04. The molecule has 0 fully saturated rings. The van der Waals surface area contributed by atoms with Crippen LogP contribution < -0.4 is 15.4 Å². The molecule has 0 aliphatic heterocycles. The Balaban J connectivity index is 1.27. The van der Waals surface area contributed by atoms with Gasteiger partial charge in [0.1, 0.15) is 5.75 Å². The maximum absolute atomic E-state index is 12.9. The highest BCUT2D eigenvalue weighted by Crippen LogP contribution is 2.24. The lowest BCUT2D eigenvalue weighted by Gasteiger charge is -2.18. The maximum Gasteiger partial charge on any atom is 0.253 e. The summed E-state index contributed by atoms with van der Waals surface area (Å²) in [5.41, 5.74) is 4.19. The van der Waals surface area contributed by atoms with E-state index in [9.17, 15) is 9.59 Å². The van der Waals surface area contributed by atoms with Crippen LogP contribution in [0, 0.1) is 0 Å². The minimum absolute atomic E-state index is 0.0659. The Morgan fingerprint density at radius 2 is 1.47 bits per heavy atom. The van der Waals surface area contributed by atoms with Crippen LogP contribution >= 0.6 is 0 Å². The highest BCUT2D eigenvalue weighted by Gasteiger charge is 2.13. The summed E-state index contributed by atoms with van der Waals surface area (Å²) >= 11 is 0. The van der Waals surface area contributed by atoms with E-state index in [1.807, 2.05) is 72.8 Å². The lowest BCUT2D eigenvalue weighted by Crippen LogP contribution is -2.26. The van der Waals surface area contributed by atoms with Crippen LogP contribution in [0.2, 0.25) is 0 Å². The molecule has 38 heavy (non-hydrogen) atoms. The number of amides is 2. The number of carbonyl (C=O) groups is 2. The average Bonchev–Trinajstić information content (AvgIpc) is 2.95. The van der Waals surface area contributed by atoms with Crippen molar-refractivity contribution in [3.05, 3.63) is 126 Å². The number of anilines is 2. The lowest BCUT2D eigenvalue weighted by molar-refractivity contribution is -0.114. The second-order valence-electron chi connectivity index (χ2n) is 9.06. The van der Waals surface area contributed by atoms with Crippen molar-refractivity contribution in [1.29, 1.82) is 0 Å². The van der Waals surface area contributed by atoms with E-state index in [1.165, 1.54) is 5.56 Å². The third-order valence-corrected chi connectivity index (χ3v) is 6.04. The molecule has 0 aliphatic rings. The van der Waals surface area contributed by atoms with Crippen molar-refractivity contribution < 1.29 is 14.3 Å². The molecule has 2 amide bonds. The van der Waals surface area contributed by atoms with Crippen molar-refractivity contribution in [3.8, 4) is 5.75 Å². The first-order valence-electron chi connectivity index (χ1n) is 12.8. The van der Waals surface area contributed by atoms with Gasteiger partial charge in [0, 0.05) is 24.8 Å². The van der Waals surface area contributed by atoms with E-state index in [2.05, 4.69) is 22.8 Å². The molecule has 4 rings (SSSR count). The second kappa shape index (κ2) is 13.7. The van der Waals surface area contributed by atoms with Crippen LogP contribution in [-0.4, -0.2) is 36.9 Å². The fourth-order valence-corrected chi connectivity index (χ4v) is 4.10. The zero-order chi connectivity index (χ0) is 26.6. The minimum atomic E-state index is -0.217. The van der Waals surface area contributed by atoms with Gasteiger partial charge in [0.2, 0.25) is 5.91 Å². The largest absolute Gasteiger partial charge is 0.491 e. The fraction of sp³-hybridized carbons (Fsp3) is 0.188. The van der Waals surface area contributed by atoms with Crippen LogP contribution in [0.1, 0.15) is 27.9 Å². The Bertz CT molecular complexity index is 1330. The van der Waals surface area contributed by atoms with E-state index in [1.54, 1.807) is 36.2 Å². The first-order valence-corrected chi connectivity index (χ1v) is 12.8. The van der Waals surface area contributed by atoms with Gasteiger partial charge in [0.15, 0.2) is 0 Å². The first-order chi connectivity index (χ1) is 18.6. The van der Waals surface area contributed by atoms with Gasteiger partial charge in [0.25, 0.3) is 5.91 Å². The van der Waals surface area contributed by atoms with Gasteiger partial charge < -0.3 is 20.3 Å². The van der Waals surface area contributed by atoms with Crippen LogP contribution in [0.3, 0.4) is 0 Å². The Kier molecular flexibility index (Phi) is 9.51. The molecule has 0 spiro atoms. The van der Waals surface area contributed by atoms with Gasteiger partial charge in [-0.2, -0.15) is 0 Å². The molecule has 6 nitrogen and oxygen atoms in total. The van der Waals surface area contributed by atoms with Gasteiger partial charge in [0.05, 0.1) is 18.8 Å². The molecule has 0 aliphatic carbocycles. The van der Waals surface area contributed by atoms with Crippen molar-refractivity contribution in [1.82, 2.24) is 4.90 Å². The molecule has 0 heterocycles. The predicted molar refractivity (Wildman–Crippen MR) is 153 cm³/mol. The molecule has 4 aromatic rings. The first kappa shape index (κ1) is 26.5. The van der Waals surface area contributed by atoms with Crippen LogP contribution in [-0.2, 0) is 17.8 Å². The lowest BCUT2D eigenvalue weighted by atomic mass is 10.1. The molecule has 0 saturated heterocycles. The van der Waals surface area contributed by atoms with Crippen LogP contribution in [0.25, 0.3) is 0 Å². The normalized spacial score (nSPS) is 10.4. The van der Waals surface area contributed by atoms with E-state index >= 15 is 0 Å². The SMILES string of the molecule is CN(Cc1ccccc1)C(=O)c1cccc(NC(=O)CNc2ccccc2OCCCc2ccccc2)c1. The molecule has 6 heteroatoms. The van der Waals surface area contributed by atoms with Gasteiger partial charge in [-0.25, -0.2) is 0 Å². The number of hydrogen-bond acceptors (Lipinski definition) is 4. The molecule has 0 unspecified atom stereocenters. The van der Waals surface area contributed by atoms with Gasteiger partial charge in [-0.3, -0.25) is 9.59 Å². The molecule has 0 atom stereocenters. The minimum Gasteiger partial charge on any atom is -0.491 e. The van der Waals surface area contributed by atoms with Crippen molar-refractivity contribution in [2.75, 3.05) is 30.8 Å². The summed E-state index contributed by atoms with van der Waals surface area (Å²) in [7, 11) is 1.77. The topological polar surface area (TPSA) is 70.7 Å². The van der Waals surface area contributed by atoms with E-state index in [-0.39, 0.29) is 18.4 Å². The third kappa shape index (κ3) is 7.96. The van der Waals surface area contributed by atoms with Gasteiger partial charge >= 0.3 is 0 Å². The number of ether oxygens (including phenoxy) is 1. The van der Waals surface area contributed by atoms with Gasteiger partial charge in [-0.1, -0.05) is 78.9 Å². The summed E-state index contributed by atoms with van der Waals surface area (Å²) in [5.74, 6) is 0.384. The monoisotopic (exact) mass is 507 g/mol. The number of hydrogen-bond donors (Lipinski definition) is 2. The number of aryl methyl sites for hydroxylation is 1. The number of rotatable bonds is 12. The Morgan fingerprint density at radius 1 is 0.789 bits per heavy atom. The molecule has 0 radical (unpaired) electrons. The fourth-order valence-electron chi connectivity index (χ4n) is 4.10. The molecule has 4 aromatic carbocycles. The van der Waals surface area contributed by atoms with E-state index in [0.29, 0.717) is 30.2 Å². The highest BCUT2D eigenvalue weighted by molar-refractivity contribution is 5.98. The summed E-state index contributed by atoms with van der Waals surface area (Å²) in [6, 6.07) is 34.7. The smallest absolute Gasteiger partial charge is 0.253 e. The van der Waals surface area contributed by atoms with Crippen molar-refractivity contribution >= 4 is 23.2 Å². The number of carbonyl (C=O) groups excluding carboxylic acids is 2. The molecule has 2 N–H and O–H groups in total. The summed E-state index contributed by atoms with van der Waals surface area (Å²) in [6.45, 7) is 1.16. The quantitative estimate of drug-likeness (QED) is 0.230. The maximum atomic E-state index is 12.9.